The quantitative estimate of drug-likeness (QED) is 0.184. The van der Waals surface area contributed by atoms with E-state index in [2.05, 4.69) is 10.5 Å². The molecule has 32 heavy (non-hydrogen) atoms. The molecule has 0 unspecified atom stereocenters. The van der Waals surface area contributed by atoms with Gasteiger partial charge in [-0.05, 0) is 60.2 Å². The number of rotatable bonds is 5. The van der Waals surface area contributed by atoms with E-state index in [9.17, 15) is 9.59 Å². The number of carbonyl (C=O) groups excluding carboxylic acids is 2. The van der Waals surface area contributed by atoms with Gasteiger partial charge >= 0.3 is 5.97 Å². The fourth-order valence-electron chi connectivity index (χ4n) is 3.25. The second kappa shape index (κ2) is 9.45. The Bertz CT molecular complexity index is 1330. The SMILES string of the molecule is Cc1cccc(C(=O)NN=Cc2c(OC(=O)c3ccc(Cl)cc3)ccc3ccccc23)c1. The first kappa shape index (κ1) is 21.3. The van der Waals surface area contributed by atoms with Crippen LogP contribution in [0.1, 0.15) is 31.8 Å². The molecule has 0 aliphatic heterocycles. The number of nitrogens with one attached hydrogen (secondary N) is 1. The summed E-state index contributed by atoms with van der Waals surface area (Å²) in [6.45, 7) is 1.91. The van der Waals surface area contributed by atoms with Gasteiger partial charge in [0.15, 0.2) is 0 Å². The van der Waals surface area contributed by atoms with Gasteiger partial charge in [-0.25, -0.2) is 10.2 Å². The van der Waals surface area contributed by atoms with E-state index in [1.165, 1.54) is 6.21 Å². The Morgan fingerprint density at radius 2 is 1.69 bits per heavy atom. The van der Waals surface area contributed by atoms with Crippen LogP contribution in [0.5, 0.6) is 5.75 Å². The van der Waals surface area contributed by atoms with E-state index in [4.69, 9.17) is 16.3 Å². The van der Waals surface area contributed by atoms with Gasteiger partial charge in [0.2, 0.25) is 0 Å². The van der Waals surface area contributed by atoms with Crippen molar-refractivity contribution < 1.29 is 14.3 Å². The molecule has 0 saturated heterocycles. The Morgan fingerprint density at radius 1 is 0.906 bits per heavy atom. The first-order chi connectivity index (χ1) is 15.5. The first-order valence-electron chi connectivity index (χ1n) is 9.91. The molecule has 4 rings (SSSR count). The number of hydrogen-bond donors (Lipinski definition) is 1. The minimum absolute atomic E-state index is 0.329. The van der Waals surface area contributed by atoms with Crippen molar-refractivity contribution in [1.29, 1.82) is 0 Å². The molecule has 0 fully saturated rings. The fourth-order valence-corrected chi connectivity index (χ4v) is 3.37. The van der Waals surface area contributed by atoms with Crippen molar-refractivity contribution in [3.63, 3.8) is 0 Å². The third kappa shape index (κ3) is 4.85. The average Bonchev–Trinajstić information content (AvgIpc) is 2.80. The number of ether oxygens (including phenoxy) is 1. The van der Waals surface area contributed by atoms with Gasteiger partial charge in [-0.3, -0.25) is 4.79 Å². The molecule has 0 saturated carbocycles. The molecule has 0 aromatic heterocycles. The zero-order valence-electron chi connectivity index (χ0n) is 17.2. The van der Waals surface area contributed by atoms with E-state index in [1.807, 2.05) is 49.4 Å². The van der Waals surface area contributed by atoms with E-state index in [0.29, 0.717) is 27.5 Å². The number of hydrogen-bond acceptors (Lipinski definition) is 4. The van der Waals surface area contributed by atoms with Gasteiger partial charge in [-0.1, -0.05) is 59.6 Å². The maximum Gasteiger partial charge on any atom is 0.343 e. The number of carbonyl (C=O) groups is 2. The maximum absolute atomic E-state index is 12.6. The van der Waals surface area contributed by atoms with Crippen molar-refractivity contribution >= 4 is 40.5 Å². The van der Waals surface area contributed by atoms with Crippen molar-refractivity contribution in [1.82, 2.24) is 5.43 Å². The average molecular weight is 443 g/mol. The number of benzene rings is 4. The number of esters is 1. The van der Waals surface area contributed by atoms with Crippen molar-refractivity contribution in [2.75, 3.05) is 0 Å². The lowest BCUT2D eigenvalue weighted by atomic mass is 10.0. The molecule has 158 valence electrons. The van der Waals surface area contributed by atoms with E-state index in [-0.39, 0.29) is 5.91 Å². The lowest BCUT2D eigenvalue weighted by molar-refractivity contribution is 0.0734. The van der Waals surface area contributed by atoms with E-state index < -0.39 is 5.97 Å². The van der Waals surface area contributed by atoms with Crippen molar-refractivity contribution in [3.05, 3.63) is 112 Å². The molecule has 1 amide bonds. The summed E-state index contributed by atoms with van der Waals surface area (Å²) in [6, 6.07) is 24.9. The fraction of sp³-hybridized carbons (Fsp3) is 0.0385. The molecule has 0 spiro atoms. The normalized spacial score (nSPS) is 10.9. The van der Waals surface area contributed by atoms with Gasteiger partial charge in [-0.15, -0.1) is 0 Å². The number of nitrogens with zero attached hydrogens (tertiary/aromatic N) is 1. The second-order valence-corrected chi connectivity index (χ2v) is 7.60. The minimum atomic E-state index is -0.518. The van der Waals surface area contributed by atoms with E-state index in [1.54, 1.807) is 42.5 Å². The highest BCUT2D eigenvalue weighted by Gasteiger charge is 2.14. The van der Waals surface area contributed by atoms with Crippen molar-refractivity contribution in [2.45, 2.75) is 6.92 Å². The smallest absolute Gasteiger partial charge is 0.343 e. The summed E-state index contributed by atoms with van der Waals surface area (Å²) >= 11 is 5.90. The highest BCUT2D eigenvalue weighted by molar-refractivity contribution is 6.30. The van der Waals surface area contributed by atoms with Gasteiger partial charge in [-0.2, -0.15) is 5.10 Å². The summed E-state index contributed by atoms with van der Waals surface area (Å²) in [5.74, 6) is -0.516. The zero-order chi connectivity index (χ0) is 22.5. The van der Waals surface area contributed by atoms with Gasteiger partial charge in [0, 0.05) is 16.1 Å². The minimum Gasteiger partial charge on any atom is -0.422 e. The maximum atomic E-state index is 12.6. The van der Waals surface area contributed by atoms with Crippen molar-refractivity contribution in [3.8, 4) is 5.75 Å². The van der Waals surface area contributed by atoms with Crippen LogP contribution in [0.25, 0.3) is 10.8 Å². The number of halogens is 1. The van der Waals surface area contributed by atoms with Gasteiger partial charge < -0.3 is 4.74 Å². The molecule has 0 radical (unpaired) electrons. The van der Waals surface area contributed by atoms with Crippen molar-refractivity contribution in [2.24, 2.45) is 5.10 Å². The van der Waals surface area contributed by atoms with Crippen LogP contribution in [0.3, 0.4) is 0 Å². The molecule has 0 heterocycles. The first-order valence-corrected chi connectivity index (χ1v) is 10.3. The third-order valence-electron chi connectivity index (χ3n) is 4.85. The number of fused-ring (bicyclic) bond motifs is 1. The molecular weight excluding hydrogens is 424 g/mol. The molecule has 5 nitrogen and oxygen atoms in total. The zero-order valence-corrected chi connectivity index (χ0v) is 18.0. The van der Waals surface area contributed by atoms with Crippen LogP contribution in [0, 0.1) is 6.92 Å². The molecular formula is C26H19ClN2O3. The Kier molecular flexibility index (Phi) is 6.29. The predicted molar refractivity (Wildman–Crippen MR) is 127 cm³/mol. The van der Waals surface area contributed by atoms with Crippen LogP contribution in [0.2, 0.25) is 5.02 Å². The highest BCUT2D eigenvalue weighted by Crippen LogP contribution is 2.27. The number of hydrazone groups is 1. The summed E-state index contributed by atoms with van der Waals surface area (Å²) in [5.41, 5.74) is 4.97. The molecule has 4 aromatic rings. The van der Waals surface area contributed by atoms with Crippen LogP contribution < -0.4 is 10.2 Å². The van der Waals surface area contributed by atoms with Gasteiger partial charge in [0.25, 0.3) is 5.91 Å². The number of aryl methyl sites for hydroxylation is 1. The number of amides is 1. The van der Waals surface area contributed by atoms with E-state index in [0.717, 1.165) is 16.3 Å². The van der Waals surface area contributed by atoms with Crippen LogP contribution in [-0.4, -0.2) is 18.1 Å². The molecule has 1 N–H and O–H groups in total. The molecule has 6 heteroatoms. The monoisotopic (exact) mass is 442 g/mol. The Hall–Kier alpha value is -3.96. The van der Waals surface area contributed by atoms with Crippen LogP contribution in [0.15, 0.2) is 90.0 Å². The largest absolute Gasteiger partial charge is 0.422 e. The summed E-state index contributed by atoms with van der Waals surface area (Å²) in [7, 11) is 0. The van der Waals surface area contributed by atoms with Gasteiger partial charge in [0.05, 0.1) is 11.8 Å². The lowest BCUT2D eigenvalue weighted by Gasteiger charge is -2.10. The second-order valence-electron chi connectivity index (χ2n) is 7.16. The molecule has 0 aliphatic carbocycles. The summed E-state index contributed by atoms with van der Waals surface area (Å²) in [6.07, 6.45) is 1.49. The Labute approximate surface area is 190 Å². The summed E-state index contributed by atoms with van der Waals surface area (Å²) in [5, 5.41) is 6.43. The highest BCUT2D eigenvalue weighted by atomic mass is 35.5. The van der Waals surface area contributed by atoms with Gasteiger partial charge in [0.1, 0.15) is 5.75 Å². The predicted octanol–water partition coefficient (Wildman–Crippen LogP) is 5.78. The van der Waals surface area contributed by atoms with Crippen LogP contribution in [-0.2, 0) is 0 Å². The topological polar surface area (TPSA) is 67.8 Å². The molecule has 4 aromatic carbocycles. The Balaban J connectivity index is 1.62. The van der Waals surface area contributed by atoms with Crippen LogP contribution in [0.4, 0.5) is 0 Å². The summed E-state index contributed by atoms with van der Waals surface area (Å²) < 4.78 is 5.65. The van der Waals surface area contributed by atoms with Crippen LogP contribution >= 0.6 is 11.6 Å². The standard InChI is InChI=1S/C26H19ClN2O3/c1-17-5-4-7-20(15-17)25(30)29-28-16-23-22-8-3-2-6-18(22)11-14-24(23)32-26(31)19-9-12-21(27)13-10-19/h2-16H,1H3,(H,29,30). The third-order valence-corrected chi connectivity index (χ3v) is 5.11. The molecule has 0 bridgehead atoms. The van der Waals surface area contributed by atoms with E-state index >= 15 is 0 Å². The molecule has 0 aliphatic rings. The molecule has 0 atom stereocenters. The Morgan fingerprint density at radius 3 is 2.47 bits per heavy atom. The summed E-state index contributed by atoms with van der Waals surface area (Å²) in [4.78, 5) is 25.0. The lowest BCUT2D eigenvalue weighted by Crippen LogP contribution is -2.18.